The van der Waals surface area contributed by atoms with Gasteiger partial charge < -0.3 is 15.4 Å². The number of fused-ring (bicyclic) bond motifs is 1. The maximum Gasteiger partial charge on any atom is 0.340 e. The number of anilines is 2. The number of rotatable bonds is 6. The van der Waals surface area contributed by atoms with Crippen LogP contribution in [0.2, 0.25) is 0 Å². The molecule has 1 aliphatic rings. The Morgan fingerprint density at radius 3 is 2.81 bits per heavy atom. The molecule has 8 heteroatoms. The van der Waals surface area contributed by atoms with E-state index in [0.29, 0.717) is 10.6 Å². The predicted octanol–water partition coefficient (Wildman–Crippen LogP) is 3.93. The smallest absolute Gasteiger partial charge is 0.340 e. The molecule has 0 saturated carbocycles. The first-order chi connectivity index (χ1) is 13.0. The van der Waals surface area contributed by atoms with Crippen LogP contribution in [0.3, 0.4) is 0 Å². The number of hydrogen-bond acceptors (Lipinski definition) is 6. The second-order valence-corrected chi connectivity index (χ2v) is 8.42. The largest absolute Gasteiger partial charge is 0.465 e. The minimum Gasteiger partial charge on any atom is -0.465 e. The molecule has 1 aromatic carbocycles. The monoisotopic (exact) mass is 404 g/mol. The van der Waals surface area contributed by atoms with Crippen molar-refractivity contribution in [3.8, 4) is 0 Å². The third kappa shape index (κ3) is 4.51. The van der Waals surface area contributed by atoms with Crippen molar-refractivity contribution in [3.63, 3.8) is 0 Å². The molecule has 0 fully saturated rings. The number of para-hydroxylation sites is 1. The first-order valence-corrected chi connectivity index (χ1v) is 10.3. The molecule has 2 N–H and O–H groups in total. The molecule has 0 spiro atoms. The molecule has 0 bridgehead atoms. The number of thioether (sulfide) groups is 1. The van der Waals surface area contributed by atoms with Gasteiger partial charge in [0.25, 0.3) is 0 Å². The fourth-order valence-corrected chi connectivity index (χ4v) is 5.01. The standard InChI is InChI=1S/C19H20N2O4S2/c1-3-6-11-9-12(19(24)25-2)18(26-11)21-16(22)10-15-17(23)20-13-7-4-5-8-14(13)27-15/h4-5,7-9,15H,3,6,10H2,1-2H3,(H,20,23)(H,21,22)/t15-/m0/s1. The number of hydrogen-bond donors (Lipinski definition) is 2. The number of nitrogens with one attached hydrogen (secondary N) is 2. The Kier molecular flexibility index (Phi) is 6.18. The number of thiophene rings is 1. The van der Waals surface area contributed by atoms with Crippen LogP contribution in [-0.2, 0) is 20.7 Å². The van der Waals surface area contributed by atoms with Gasteiger partial charge in [0.1, 0.15) is 5.00 Å². The van der Waals surface area contributed by atoms with Crippen LogP contribution < -0.4 is 10.6 Å². The summed E-state index contributed by atoms with van der Waals surface area (Å²) in [7, 11) is 1.31. The van der Waals surface area contributed by atoms with E-state index < -0.39 is 11.2 Å². The molecule has 1 aromatic heterocycles. The minimum atomic E-state index is -0.517. The summed E-state index contributed by atoms with van der Waals surface area (Å²) in [4.78, 5) is 38.7. The van der Waals surface area contributed by atoms with Crippen LogP contribution >= 0.6 is 23.1 Å². The van der Waals surface area contributed by atoms with Crippen molar-refractivity contribution < 1.29 is 19.1 Å². The van der Waals surface area contributed by atoms with Crippen LogP contribution in [-0.4, -0.2) is 30.1 Å². The van der Waals surface area contributed by atoms with Gasteiger partial charge in [-0.1, -0.05) is 25.5 Å². The van der Waals surface area contributed by atoms with E-state index in [2.05, 4.69) is 10.6 Å². The molecule has 1 atom stereocenters. The van der Waals surface area contributed by atoms with Gasteiger partial charge in [-0.3, -0.25) is 9.59 Å². The third-order valence-corrected chi connectivity index (χ3v) is 6.40. The quantitative estimate of drug-likeness (QED) is 0.713. The first-order valence-electron chi connectivity index (χ1n) is 8.59. The van der Waals surface area contributed by atoms with Crippen LogP contribution in [0.15, 0.2) is 35.2 Å². The molecule has 6 nitrogen and oxygen atoms in total. The van der Waals surface area contributed by atoms with Gasteiger partial charge in [-0.15, -0.1) is 23.1 Å². The Labute approximate surface area is 165 Å². The molecule has 2 heterocycles. The van der Waals surface area contributed by atoms with E-state index in [4.69, 9.17) is 4.74 Å². The second-order valence-electron chi connectivity index (χ2n) is 6.04. The topological polar surface area (TPSA) is 84.5 Å². The molecule has 2 aromatic rings. The zero-order valence-electron chi connectivity index (χ0n) is 15.0. The van der Waals surface area contributed by atoms with Crippen molar-refractivity contribution in [2.24, 2.45) is 0 Å². The van der Waals surface area contributed by atoms with Crippen molar-refractivity contribution in [1.82, 2.24) is 0 Å². The lowest BCUT2D eigenvalue weighted by Gasteiger charge is -2.23. The van der Waals surface area contributed by atoms with Gasteiger partial charge in [0.05, 0.1) is 23.6 Å². The maximum absolute atomic E-state index is 12.5. The van der Waals surface area contributed by atoms with E-state index in [1.165, 1.54) is 30.2 Å². The number of methoxy groups -OCH3 is 1. The van der Waals surface area contributed by atoms with Gasteiger partial charge in [-0.25, -0.2) is 4.79 Å². The van der Waals surface area contributed by atoms with E-state index >= 15 is 0 Å². The summed E-state index contributed by atoms with van der Waals surface area (Å²) in [6.07, 6.45) is 1.78. The van der Waals surface area contributed by atoms with Crippen molar-refractivity contribution in [3.05, 3.63) is 40.8 Å². The third-order valence-electron chi connectivity index (χ3n) is 4.02. The van der Waals surface area contributed by atoms with Crippen molar-refractivity contribution in [2.75, 3.05) is 17.7 Å². The highest BCUT2D eigenvalue weighted by Crippen LogP contribution is 2.37. The van der Waals surface area contributed by atoms with Crippen LogP contribution in [0.1, 0.15) is 35.0 Å². The highest BCUT2D eigenvalue weighted by molar-refractivity contribution is 8.01. The Balaban J connectivity index is 1.71. The van der Waals surface area contributed by atoms with E-state index in [1.807, 2.05) is 31.2 Å². The summed E-state index contributed by atoms with van der Waals surface area (Å²) >= 11 is 2.74. The Hall–Kier alpha value is -2.32. The lowest BCUT2D eigenvalue weighted by molar-refractivity contribution is -0.120. The highest BCUT2D eigenvalue weighted by Gasteiger charge is 2.29. The van der Waals surface area contributed by atoms with Gasteiger partial charge >= 0.3 is 5.97 Å². The normalized spacial score (nSPS) is 15.6. The molecule has 0 saturated heterocycles. The molecule has 2 amide bonds. The van der Waals surface area contributed by atoms with Gasteiger partial charge in [0, 0.05) is 16.2 Å². The Bertz CT molecular complexity index is 878. The van der Waals surface area contributed by atoms with Crippen LogP contribution in [0, 0.1) is 0 Å². The van der Waals surface area contributed by atoms with Crippen LogP contribution in [0.25, 0.3) is 0 Å². The van der Waals surface area contributed by atoms with Crippen LogP contribution in [0.4, 0.5) is 10.7 Å². The summed E-state index contributed by atoms with van der Waals surface area (Å²) in [6, 6.07) is 9.25. The number of benzene rings is 1. The fourth-order valence-electron chi connectivity index (χ4n) is 2.74. The number of amides is 2. The molecule has 0 radical (unpaired) electrons. The minimum absolute atomic E-state index is 0.0203. The summed E-state index contributed by atoms with van der Waals surface area (Å²) in [6.45, 7) is 2.05. The molecule has 142 valence electrons. The van der Waals surface area contributed by atoms with Crippen molar-refractivity contribution >= 4 is 51.6 Å². The maximum atomic E-state index is 12.5. The number of ether oxygens (including phenoxy) is 1. The van der Waals surface area contributed by atoms with E-state index in [-0.39, 0.29) is 18.2 Å². The molecule has 0 unspecified atom stereocenters. The summed E-state index contributed by atoms with van der Waals surface area (Å²) in [5.41, 5.74) is 1.12. The fraction of sp³-hybridized carbons (Fsp3) is 0.316. The first kappa shape index (κ1) is 19.4. The number of esters is 1. The average Bonchev–Trinajstić information content (AvgIpc) is 3.04. The van der Waals surface area contributed by atoms with Crippen molar-refractivity contribution in [2.45, 2.75) is 36.3 Å². The molecular formula is C19H20N2O4S2. The SMILES string of the molecule is CCCc1cc(C(=O)OC)c(NC(=O)C[C@@H]2Sc3ccccc3NC2=O)s1. The highest BCUT2D eigenvalue weighted by atomic mass is 32.2. The lowest BCUT2D eigenvalue weighted by Crippen LogP contribution is -2.32. The zero-order valence-corrected chi connectivity index (χ0v) is 16.7. The number of carbonyl (C=O) groups is 3. The number of aryl methyl sites for hydroxylation is 1. The van der Waals surface area contributed by atoms with E-state index in [9.17, 15) is 14.4 Å². The number of carbonyl (C=O) groups excluding carboxylic acids is 3. The van der Waals surface area contributed by atoms with Crippen molar-refractivity contribution in [1.29, 1.82) is 0 Å². The molecule has 0 aliphatic carbocycles. The van der Waals surface area contributed by atoms with Gasteiger partial charge in [0.15, 0.2) is 0 Å². The van der Waals surface area contributed by atoms with Crippen LogP contribution in [0.5, 0.6) is 0 Å². The summed E-state index contributed by atoms with van der Waals surface area (Å²) < 4.78 is 4.80. The van der Waals surface area contributed by atoms with E-state index in [1.54, 1.807) is 6.07 Å². The second kappa shape index (κ2) is 8.58. The molecule has 1 aliphatic heterocycles. The Morgan fingerprint density at radius 2 is 2.07 bits per heavy atom. The Morgan fingerprint density at radius 1 is 1.30 bits per heavy atom. The van der Waals surface area contributed by atoms with Gasteiger partial charge in [0.2, 0.25) is 11.8 Å². The zero-order chi connectivity index (χ0) is 19.4. The van der Waals surface area contributed by atoms with Gasteiger partial charge in [-0.05, 0) is 24.6 Å². The summed E-state index contributed by atoms with van der Waals surface area (Å²) in [5, 5.41) is 5.56. The molecule has 3 rings (SSSR count). The molecular weight excluding hydrogens is 384 g/mol. The molecule has 27 heavy (non-hydrogen) atoms. The predicted molar refractivity (Wildman–Crippen MR) is 108 cm³/mol. The van der Waals surface area contributed by atoms with Gasteiger partial charge in [-0.2, -0.15) is 0 Å². The average molecular weight is 405 g/mol. The lowest BCUT2D eigenvalue weighted by atomic mass is 10.2. The van der Waals surface area contributed by atoms with E-state index in [0.717, 1.165) is 28.3 Å². The summed E-state index contributed by atoms with van der Waals surface area (Å²) in [5.74, 6) is -0.986.